The van der Waals surface area contributed by atoms with Crippen LogP contribution in [0.5, 0.6) is 0 Å². The molecule has 25 heavy (non-hydrogen) atoms. The first kappa shape index (κ1) is 22.1. The Hall–Kier alpha value is -0.970. The van der Waals surface area contributed by atoms with E-state index in [1.807, 2.05) is 19.1 Å². The van der Waals surface area contributed by atoms with Crippen LogP contribution in [0, 0.1) is 5.82 Å². The summed E-state index contributed by atoms with van der Waals surface area (Å²) < 4.78 is 23.7. The maximum Gasteiger partial charge on any atom is 0.188 e. The van der Waals surface area contributed by atoms with Crippen molar-refractivity contribution in [2.75, 3.05) is 46.6 Å². The van der Waals surface area contributed by atoms with Crippen LogP contribution >= 0.6 is 24.0 Å². The molecule has 8 heteroatoms. The lowest BCUT2D eigenvalue weighted by Crippen LogP contribution is -2.43. The number of halogens is 2. The van der Waals surface area contributed by atoms with E-state index in [1.54, 1.807) is 7.11 Å². The third-order valence-electron chi connectivity index (χ3n) is 3.99. The number of hydrogen-bond donors (Lipinski definition) is 2. The molecule has 6 nitrogen and oxygen atoms in total. The van der Waals surface area contributed by atoms with Crippen LogP contribution in [0.1, 0.15) is 18.5 Å². The summed E-state index contributed by atoms with van der Waals surface area (Å²) >= 11 is 0. The first-order valence-electron chi connectivity index (χ1n) is 8.22. The zero-order chi connectivity index (χ0) is 17.4. The minimum absolute atomic E-state index is 0. The molecule has 0 saturated carbocycles. The lowest BCUT2D eigenvalue weighted by Gasteiger charge is -2.34. The lowest BCUT2D eigenvalue weighted by molar-refractivity contribution is 0.0179. The zero-order valence-corrected chi connectivity index (χ0v) is 17.1. The van der Waals surface area contributed by atoms with Crippen LogP contribution < -0.4 is 11.1 Å². The molecule has 0 bridgehead atoms. The third-order valence-corrected chi connectivity index (χ3v) is 3.99. The van der Waals surface area contributed by atoms with E-state index in [-0.39, 0.29) is 41.9 Å². The van der Waals surface area contributed by atoms with Gasteiger partial charge in [-0.25, -0.2) is 4.39 Å². The topological polar surface area (TPSA) is 72.1 Å². The SMILES string of the molecule is COCC(C)NC(N)=NCC(c1ccc(F)cc1)N1CCOCC1.I. The predicted molar refractivity (Wildman–Crippen MR) is 108 cm³/mol. The van der Waals surface area contributed by atoms with E-state index in [0.717, 1.165) is 18.7 Å². The van der Waals surface area contributed by atoms with Crippen LogP contribution in [-0.4, -0.2) is 63.5 Å². The highest BCUT2D eigenvalue weighted by Crippen LogP contribution is 2.22. The molecular weight excluding hydrogens is 438 g/mol. The van der Waals surface area contributed by atoms with E-state index in [2.05, 4.69) is 15.2 Å². The third kappa shape index (κ3) is 7.43. The minimum Gasteiger partial charge on any atom is -0.383 e. The quantitative estimate of drug-likeness (QED) is 0.364. The molecule has 1 heterocycles. The molecule has 2 atom stereocenters. The van der Waals surface area contributed by atoms with Gasteiger partial charge in [0.25, 0.3) is 0 Å². The van der Waals surface area contributed by atoms with E-state index in [9.17, 15) is 4.39 Å². The molecule has 1 fully saturated rings. The molecule has 0 spiro atoms. The fourth-order valence-electron chi connectivity index (χ4n) is 2.78. The summed E-state index contributed by atoms with van der Waals surface area (Å²) in [4.78, 5) is 6.77. The maximum atomic E-state index is 13.2. The lowest BCUT2D eigenvalue weighted by atomic mass is 10.0. The number of guanidine groups is 1. The van der Waals surface area contributed by atoms with Crippen LogP contribution in [0.4, 0.5) is 4.39 Å². The molecule has 3 N–H and O–H groups in total. The van der Waals surface area contributed by atoms with Crippen LogP contribution in [0.2, 0.25) is 0 Å². The van der Waals surface area contributed by atoms with Gasteiger partial charge in [-0.1, -0.05) is 12.1 Å². The largest absolute Gasteiger partial charge is 0.383 e. The Morgan fingerprint density at radius 2 is 2.00 bits per heavy atom. The normalized spacial score (nSPS) is 18.3. The van der Waals surface area contributed by atoms with Gasteiger partial charge in [-0.05, 0) is 24.6 Å². The van der Waals surface area contributed by atoms with Gasteiger partial charge in [-0.15, -0.1) is 24.0 Å². The van der Waals surface area contributed by atoms with Crippen molar-refractivity contribution in [2.45, 2.75) is 19.0 Å². The molecule has 1 aromatic rings. The van der Waals surface area contributed by atoms with Crippen LogP contribution in [-0.2, 0) is 9.47 Å². The van der Waals surface area contributed by atoms with E-state index in [4.69, 9.17) is 15.2 Å². The summed E-state index contributed by atoms with van der Waals surface area (Å²) in [5.41, 5.74) is 6.99. The predicted octanol–water partition coefficient (Wildman–Crippen LogP) is 1.76. The molecule has 2 unspecified atom stereocenters. The molecule has 0 amide bonds. The Labute approximate surface area is 166 Å². The summed E-state index contributed by atoms with van der Waals surface area (Å²) in [6.45, 7) is 6.08. The Morgan fingerprint density at radius 1 is 1.36 bits per heavy atom. The van der Waals surface area contributed by atoms with E-state index in [1.165, 1.54) is 12.1 Å². The van der Waals surface area contributed by atoms with Crippen LogP contribution in [0.25, 0.3) is 0 Å². The minimum atomic E-state index is -0.238. The summed E-state index contributed by atoms with van der Waals surface area (Å²) in [5, 5.41) is 3.10. The highest BCUT2D eigenvalue weighted by molar-refractivity contribution is 14.0. The molecule has 1 aliphatic rings. The number of nitrogens with one attached hydrogen (secondary N) is 1. The average Bonchev–Trinajstić information content (AvgIpc) is 2.57. The summed E-state index contributed by atoms with van der Waals surface area (Å²) in [6, 6.07) is 6.72. The standard InChI is InChI=1S/C17H27FN4O2.HI/c1-13(12-23-2)21-17(19)20-11-16(22-7-9-24-10-8-22)14-3-5-15(18)6-4-14;/h3-6,13,16H,7-12H2,1-2H3,(H3,19,20,21);1H. The van der Waals surface area contributed by atoms with Gasteiger partial charge in [0.2, 0.25) is 0 Å². The van der Waals surface area contributed by atoms with Gasteiger partial charge in [-0.2, -0.15) is 0 Å². The van der Waals surface area contributed by atoms with Crippen molar-refractivity contribution < 1.29 is 13.9 Å². The van der Waals surface area contributed by atoms with E-state index in [0.29, 0.717) is 32.3 Å². The highest BCUT2D eigenvalue weighted by atomic mass is 127. The Morgan fingerprint density at radius 3 is 2.60 bits per heavy atom. The monoisotopic (exact) mass is 466 g/mol. The summed E-state index contributed by atoms with van der Waals surface area (Å²) in [7, 11) is 1.65. The van der Waals surface area contributed by atoms with Gasteiger partial charge >= 0.3 is 0 Å². The number of rotatable bonds is 7. The first-order chi connectivity index (χ1) is 11.6. The molecular formula is C17H28FIN4O2. The second-order valence-corrected chi connectivity index (χ2v) is 5.94. The van der Waals surface area contributed by atoms with Gasteiger partial charge in [0.05, 0.1) is 32.4 Å². The molecule has 1 aliphatic heterocycles. The van der Waals surface area contributed by atoms with Gasteiger partial charge < -0.3 is 20.5 Å². The fourth-order valence-corrected chi connectivity index (χ4v) is 2.78. The summed E-state index contributed by atoms with van der Waals surface area (Å²) in [6.07, 6.45) is 0. The van der Waals surface area contributed by atoms with Gasteiger partial charge in [-0.3, -0.25) is 9.89 Å². The number of ether oxygens (including phenoxy) is 2. The molecule has 142 valence electrons. The average molecular weight is 466 g/mol. The van der Waals surface area contributed by atoms with E-state index >= 15 is 0 Å². The van der Waals surface area contributed by atoms with Gasteiger partial charge in [0.15, 0.2) is 5.96 Å². The van der Waals surface area contributed by atoms with Crippen molar-refractivity contribution >= 4 is 29.9 Å². The molecule has 1 aromatic carbocycles. The first-order valence-corrected chi connectivity index (χ1v) is 8.22. The van der Waals surface area contributed by atoms with Crippen molar-refractivity contribution in [3.05, 3.63) is 35.6 Å². The highest BCUT2D eigenvalue weighted by Gasteiger charge is 2.22. The number of methoxy groups -OCH3 is 1. The second kappa shape index (κ2) is 11.6. The smallest absolute Gasteiger partial charge is 0.188 e. The van der Waals surface area contributed by atoms with Crippen LogP contribution in [0.15, 0.2) is 29.3 Å². The number of nitrogens with zero attached hydrogens (tertiary/aromatic N) is 2. The number of hydrogen-bond acceptors (Lipinski definition) is 4. The number of morpholine rings is 1. The zero-order valence-electron chi connectivity index (χ0n) is 14.8. The summed E-state index contributed by atoms with van der Waals surface area (Å²) in [5.74, 6) is 0.150. The molecule has 0 aromatic heterocycles. The second-order valence-electron chi connectivity index (χ2n) is 5.94. The van der Waals surface area contributed by atoms with Gasteiger partial charge in [0.1, 0.15) is 5.82 Å². The maximum absolute atomic E-state index is 13.2. The van der Waals surface area contributed by atoms with Gasteiger partial charge in [0, 0.05) is 26.2 Å². The Kier molecular flexibility index (Phi) is 10.2. The van der Waals surface area contributed by atoms with Crippen LogP contribution in [0.3, 0.4) is 0 Å². The number of nitrogens with two attached hydrogens (primary N) is 1. The Bertz CT molecular complexity index is 524. The number of aliphatic imine (C=N–C) groups is 1. The molecule has 0 radical (unpaired) electrons. The van der Waals surface area contributed by atoms with Crippen molar-refractivity contribution in [1.29, 1.82) is 0 Å². The van der Waals surface area contributed by atoms with Crippen molar-refractivity contribution in [2.24, 2.45) is 10.7 Å². The van der Waals surface area contributed by atoms with E-state index < -0.39 is 0 Å². The molecule has 2 rings (SSSR count). The number of benzene rings is 1. The van der Waals surface area contributed by atoms with Crippen molar-refractivity contribution in [3.63, 3.8) is 0 Å². The molecule has 1 saturated heterocycles. The fraction of sp³-hybridized carbons (Fsp3) is 0.588. The molecule has 0 aliphatic carbocycles. The van der Waals surface area contributed by atoms with Crippen molar-refractivity contribution in [3.8, 4) is 0 Å². The van der Waals surface area contributed by atoms with Crippen molar-refractivity contribution in [1.82, 2.24) is 10.2 Å². The Balaban J connectivity index is 0.00000312.